The number of carbonyl (C=O) groups is 1. The van der Waals surface area contributed by atoms with Gasteiger partial charge in [-0.05, 0) is 6.42 Å². The molecule has 1 radical (unpaired) electrons. The van der Waals surface area contributed by atoms with Gasteiger partial charge in [-0.15, -0.1) is 0 Å². The maximum Gasteiger partial charge on any atom is 0.400 e. The molecule has 0 aromatic heterocycles. The fourth-order valence-corrected chi connectivity index (χ4v) is 1.04. The molecule has 0 aliphatic heterocycles. The summed E-state index contributed by atoms with van der Waals surface area (Å²) in [6, 6.07) is 0. The number of rotatable bonds is 10. The Morgan fingerprint density at radius 1 is 1.00 bits per heavy atom. The van der Waals surface area contributed by atoms with Crippen LogP contribution in [-0.4, -0.2) is 38.3 Å². The lowest BCUT2D eigenvalue weighted by Gasteiger charge is -2.05. The van der Waals surface area contributed by atoms with Crippen molar-refractivity contribution in [1.82, 2.24) is 0 Å². The van der Waals surface area contributed by atoms with Gasteiger partial charge in [0, 0.05) is 19.2 Å². The number of carbonyl (C=O) groups excluding carboxylic acids is 1. The van der Waals surface area contributed by atoms with Crippen molar-refractivity contribution in [3.8, 4) is 0 Å². The standard InChI is InChI=1S/C10H19O4S/c1-2-3-4-5-12-6-7-13-8-9-14-10(11)15/h2-9H2,1H3. The molecule has 0 bridgehead atoms. The van der Waals surface area contributed by atoms with Gasteiger partial charge in [0.15, 0.2) is 0 Å². The highest BCUT2D eigenvalue weighted by Crippen LogP contribution is 1.93. The van der Waals surface area contributed by atoms with Crippen molar-refractivity contribution in [3.63, 3.8) is 0 Å². The summed E-state index contributed by atoms with van der Waals surface area (Å²) in [6.07, 6.45) is 3.51. The third-order valence-electron chi connectivity index (χ3n) is 1.71. The quantitative estimate of drug-likeness (QED) is 0.431. The maximum absolute atomic E-state index is 10.2. The van der Waals surface area contributed by atoms with Crippen LogP contribution in [0.1, 0.15) is 26.2 Å². The van der Waals surface area contributed by atoms with Gasteiger partial charge in [0.05, 0.1) is 19.8 Å². The summed E-state index contributed by atoms with van der Waals surface area (Å²) in [5.41, 5.74) is 0. The van der Waals surface area contributed by atoms with Gasteiger partial charge in [-0.25, -0.2) is 4.79 Å². The lowest BCUT2D eigenvalue weighted by molar-refractivity contribution is 0.0304. The molecule has 0 aromatic rings. The molecule has 0 rings (SSSR count). The number of hydrogen-bond acceptors (Lipinski definition) is 4. The van der Waals surface area contributed by atoms with Crippen LogP contribution in [0, 0.1) is 0 Å². The first-order valence-corrected chi connectivity index (χ1v) is 5.67. The first-order valence-electron chi connectivity index (χ1n) is 5.26. The predicted molar refractivity (Wildman–Crippen MR) is 60.1 cm³/mol. The van der Waals surface area contributed by atoms with Crippen molar-refractivity contribution in [2.24, 2.45) is 0 Å². The average molecular weight is 235 g/mol. The van der Waals surface area contributed by atoms with Gasteiger partial charge in [0.2, 0.25) is 0 Å². The fraction of sp³-hybridized carbons (Fsp3) is 0.900. The molecule has 89 valence electrons. The Morgan fingerprint density at radius 3 is 2.20 bits per heavy atom. The van der Waals surface area contributed by atoms with E-state index >= 15 is 0 Å². The van der Waals surface area contributed by atoms with Crippen LogP contribution in [0.3, 0.4) is 0 Å². The summed E-state index contributed by atoms with van der Waals surface area (Å²) in [4.78, 5) is 10.2. The Kier molecular flexibility index (Phi) is 11.4. The Morgan fingerprint density at radius 2 is 1.60 bits per heavy atom. The summed E-state index contributed by atoms with van der Waals surface area (Å²) in [5.74, 6) is 0. The molecule has 0 heterocycles. The molecule has 0 aliphatic carbocycles. The van der Waals surface area contributed by atoms with E-state index < -0.39 is 5.30 Å². The molecule has 0 saturated heterocycles. The largest absolute Gasteiger partial charge is 0.452 e. The minimum atomic E-state index is -0.686. The Bertz CT molecular complexity index is 152. The highest BCUT2D eigenvalue weighted by atomic mass is 32.1. The first kappa shape index (κ1) is 14.6. The van der Waals surface area contributed by atoms with Gasteiger partial charge in [0.25, 0.3) is 0 Å². The van der Waals surface area contributed by atoms with Gasteiger partial charge in [-0.3, -0.25) is 0 Å². The van der Waals surface area contributed by atoms with E-state index in [1.807, 2.05) is 0 Å². The number of hydrogen-bond donors (Lipinski definition) is 0. The van der Waals surface area contributed by atoms with Gasteiger partial charge < -0.3 is 14.2 Å². The van der Waals surface area contributed by atoms with Crippen LogP contribution < -0.4 is 0 Å². The first-order chi connectivity index (χ1) is 7.27. The van der Waals surface area contributed by atoms with Gasteiger partial charge in [-0.1, -0.05) is 19.8 Å². The zero-order valence-corrected chi connectivity index (χ0v) is 10.0. The third-order valence-corrected chi connectivity index (χ3v) is 1.83. The molecule has 0 atom stereocenters. The molecule has 0 aliphatic rings. The third kappa shape index (κ3) is 13.6. The smallest absolute Gasteiger partial charge is 0.400 e. The molecule has 0 saturated carbocycles. The molecular formula is C10H19O4S. The van der Waals surface area contributed by atoms with Crippen LogP contribution >= 0.6 is 12.6 Å². The molecule has 0 amide bonds. The molecule has 0 unspecified atom stereocenters. The van der Waals surface area contributed by atoms with Crippen LogP contribution in [0.15, 0.2) is 0 Å². The highest BCUT2D eigenvalue weighted by Gasteiger charge is 1.94. The number of ether oxygens (including phenoxy) is 3. The summed E-state index contributed by atoms with van der Waals surface area (Å²) in [7, 11) is 0. The monoisotopic (exact) mass is 235 g/mol. The summed E-state index contributed by atoms with van der Waals surface area (Å²) >= 11 is 4.20. The Balaban J connectivity index is 2.89. The zero-order chi connectivity index (χ0) is 11.4. The van der Waals surface area contributed by atoms with E-state index in [2.05, 4.69) is 24.3 Å². The van der Waals surface area contributed by atoms with Crippen LogP contribution in [0.4, 0.5) is 4.79 Å². The topological polar surface area (TPSA) is 44.8 Å². The van der Waals surface area contributed by atoms with Crippen LogP contribution in [0.2, 0.25) is 0 Å². The van der Waals surface area contributed by atoms with E-state index in [0.29, 0.717) is 19.8 Å². The van der Waals surface area contributed by atoms with Crippen molar-refractivity contribution in [2.75, 3.05) is 33.0 Å². The van der Waals surface area contributed by atoms with Crippen molar-refractivity contribution in [1.29, 1.82) is 0 Å². The summed E-state index contributed by atoms with van der Waals surface area (Å²) < 4.78 is 15.0. The second-order valence-electron chi connectivity index (χ2n) is 3.03. The lowest BCUT2D eigenvalue weighted by atomic mass is 10.3. The Hall–Kier alpha value is -0.390. The summed E-state index contributed by atoms with van der Waals surface area (Å²) in [6.45, 7) is 4.66. The molecule has 5 heteroatoms. The van der Waals surface area contributed by atoms with Gasteiger partial charge >= 0.3 is 5.30 Å². The molecule has 0 N–H and O–H groups in total. The van der Waals surface area contributed by atoms with Crippen LogP contribution in [-0.2, 0) is 14.2 Å². The molecule has 0 spiro atoms. The second kappa shape index (κ2) is 11.7. The summed E-state index contributed by atoms with van der Waals surface area (Å²) in [5, 5.41) is -0.686. The van der Waals surface area contributed by atoms with Gasteiger partial charge in [0.1, 0.15) is 6.61 Å². The molecular weight excluding hydrogens is 216 g/mol. The van der Waals surface area contributed by atoms with Crippen LogP contribution in [0.25, 0.3) is 0 Å². The fourth-order valence-electron chi connectivity index (χ4n) is 0.960. The van der Waals surface area contributed by atoms with E-state index in [0.717, 1.165) is 13.0 Å². The minimum Gasteiger partial charge on any atom is -0.452 e. The minimum absolute atomic E-state index is 0.220. The van der Waals surface area contributed by atoms with E-state index in [9.17, 15) is 4.79 Å². The van der Waals surface area contributed by atoms with Crippen molar-refractivity contribution >= 4 is 17.9 Å². The van der Waals surface area contributed by atoms with E-state index in [1.54, 1.807) is 0 Å². The van der Waals surface area contributed by atoms with Gasteiger partial charge in [-0.2, -0.15) is 0 Å². The SMILES string of the molecule is CCCCCOCCOCCOC(=O)[S]. The normalized spacial score (nSPS) is 10.2. The van der Waals surface area contributed by atoms with Crippen molar-refractivity contribution in [2.45, 2.75) is 26.2 Å². The van der Waals surface area contributed by atoms with Crippen molar-refractivity contribution in [3.05, 3.63) is 0 Å². The number of unbranched alkanes of at least 4 members (excludes halogenated alkanes) is 2. The highest BCUT2D eigenvalue weighted by molar-refractivity contribution is 7.96. The molecule has 15 heavy (non-hydrogen) atoms. The molecule has 0 aromatic carbocycles. The predicted octanol–water partition coefficient (Wildman–Crippen LogP) is 2.54. The van der Waals surface area contributed by atoms with Crippen molar-refractivity contribution < 1.29 is 19.0 Å². The van der Waals surface area contributed by atoms with E-state index in [-0.39, 0.29) is 6.61 Å². The Labute approximate surface area is 96.7 Å². The zero-order valence-electron chi connectivity index (χ0n) is 9.20. The molecule has 4 nitrogen and oxygen atoms in total. The average Bonchev–Trinajstić information content (AvgIpc) is 2.20. The maximum atomic E-state index is 10.2. The van der Waals surface area contributed by atoms with E-state index in [4.69, 9.17) is 9.47 Å². The molecule has 0 fully saturated rings. The lowest BCUT2D eigenvalue weighted by Crippen LogP contribution is -2.10. The van der Waals surface area contributed by atoms with Crippen LogP contribution in [0.5, 0.6) is 0 Å². The second-order valence-corrected chi connectivity index (χ2v) is 3.36. The van der Waals surface area contributed by atoms with E-state index in [1.165, 1.54) is 12.8 Å².